The first-order valence-corrected chi connectivity index (χ1v) is 4.88. The average molecular weight is 254 g/mol. The van der Waals surface area contributed by atoms with E-state index in [9.17, 15) is 13.2 Å². The predicted octanol–water partition coefficient (Wildman–Crippen LogP) is 2.41. The summed E-state index contributed by atoms with van der Waals surface area (Å²) in [5.74, 6) is -4.48. The maximum atomic E-state index is 13.6. The van der Waals surface area contributed by atoms with E-state index in [1.807, 2.05) is 0 Å². The molecule has 0 saturated carbocycles. The van der Waals surface area contributed by atoms with Gasteiger partial charge in [-0.2, -0.15) is 0 Å². The fourth-order valence-corrected chi connectivity index (χ4v) is 1.54. The molecule has 1 rings (SSSR count). The molecule has 3 N–H and O–H groups in total. The highest BCUT2D eigenvalue weighted by molar-refractivity contribution is 6.31. The third-order valence-corrected chi connectivity index (χ3v) is 2.63. The van der Waals surface area contributed by atoms with Gasteiger partial charge >= 0.3 is 0 Å². The van der Waals surface area contributed by atoms with Gasteiger partial charge < -0.3 is 10.8 Å². The molecule has 1 aromatic carbocycles. The van der Waals surface area contributed by atoms with E-state index in [1.54, 1.807) is 0 Å². The van der Waals surface area contributed by atoms with Crippen molar-refractivity contribution in [1.29, 1.82) is 0 Å². The number of nitrogens with two attached hydrogens (primary N) is 1. The molecule has 90 valence electrons. The van der Waals surface area contributed by atoms with Gasteiger partial charge in [-0.25, -0.2) is 13.2 Å². The van der Waals surface area contributed by atoms with E-state index >= 15 is 0 Å². The summed E-state index contributed by atoms with van der Waals surface area (Å²) in [4.78, 5) is 0. The van der Waals surface area contributed by atoms with Gasteiger partial charge in [0.15, 0.2) is 0 Å². The number of aliphatic hydroxyl groups is 1. The molecule has 0 aliphatic carbocycles. The summed E-state index contributed by atoms with van der Waals surface area (Å²) in [6.07, 6.45) is 0. The predicted molar refractivity (Wildman–Crippen MR) is 55.1 cm³/mol. The van der Waals surface area contributed by atoms with E-state index in [2.05, 4.69) is 0 Å². The Morgan fingerprint density at radius 2 is 2.06 bits per heavy atom. The van der Waals surface area contributed by atoms with E-state index in [0.29, 0.717) is 0 Å². The number of hydrogen-bond acceptors (Lipinski definition) is 2. The molecule has 0 aromatic heterocycles. The van der Waals surface area contributed by atoms with E-state index in [0.717, 1.165) is 0 Å². The Labute approximate surface area is 95.8 Å². The van der Waals surface area contributed by atoms with Crippen molar-refractivity contribution in [3.05, 3.63) is 34.1 Å². The number of hydrogen-bond donors (Lipinski definition) is 2. The number of benzene rings is 1. The van der Waals surface area contributed by atoms with E-state index < -0.39 is 30.0 Å². The largest absolute Gasteiger partial charge is 0.390 e. The SMILES string of the molecule is Cc1ccc(Cl)c([C@@H](N)C(F)(F)CO)c1F. The Balaban J connectivity index is 3.28. The maximum Gasteiger partial charge on any atom is 0.289 e. The van der Waals surface area contributed by atoms with Gasteiger partial charge in [0.05, 0.1) is 0 Å². The fourth-order valence-electron chi connectivity index (χ4n) is 1.27. The average Bonchev–Trinajstić information content (AvgIpc) is 2.24. The second kappa shape index (κ2) is 4.61. The minimum atomic E-state index is -3.61. The van der Waals surface area contributed by atoms with Crippen LogP contribution < -0.4 is 5.73 Å². The number of aryl methyl sites for hydroxylation is 1. The molecule has 1 aromatic rings. The number of alkyl halides is 2. The molecule has 6 heteroatoms. The van der Waals surface area contributed by atoms with Gasteiger partial charge in [-0.1, -0.05) is 17.7 Å². The Bertz CT molecular complexity index is 398. The molecule has 0 radical (unpaired) electrons. The van der Waals surface area contributed by atoms with Gasteiger partial charge in [-0.05, 0) is 18.6 Å². The molecule has 2 nitrogen and oxygen atoms in total. The quantitative estimate of drug-likeness (QED) is 0.869. The van der Waals surface area contributed by atoms with Crippen molar-refractivity contribution in [2.45, 2.75) is 18.9 Å². The highest BCUT2D eigenvalue weighted by Crippen LogP contribution is 2.35. The topological polar surface area (TPSA) is 46.2 Å². The van der Waals surface area contributed by atoms with Crippen LogP contribution in [0, 0.1) is 12.7 Å². The van der Waals surface area contributed by atoms with Crippen LogP contribution in [-0.4, -0.2) is 17.6 Å². The van der Waals surface area contributed by atoms with Crippen molar-refractivity contribution in [3.8, 4) is 0 Å². The molecule has 1 atom stereocenters. The molecule has 0 bridgehead atoms. The van der Waals surface area contributed by atoms with Gasteiger partial charge in [0, 0.05) is 10.6 Å². The zero-order chi connectivity index (χ0) is 12.5. The summed E-state index contributed by atoms with van der Waals surface area (Å²) >= 11 is 5.62. The van der Waals surface area contributed by atoms with Crippen molar-refractivity contribution < 1.29 is 18.3 Å². The van der Waals surface area contributed by atoms with Gasteiger partial charge in [0.25, 0.3) is 5.92 Å². The lowest BCUT2D eigenvalue weighted by molar-refractivity contribution is -0.0718. The molecule has 0 aliphatic rings. The summed E-state index contributed by atoms with van der Waals surface area (Å²) in [5.41, 5.74) is 4.92. The van der Waals surface area contributed by atoms with Crippen LogP contribution in [0.1, 0.15) is 17.2 Å². The lowest BCUT2D eigenvalue weighted by atomic mass is 9.99. The number of rotatable bonds is 3. The molecular formula is C10H11ClF3NO. The molecule has 0 unspecified atom stereocenters. The standard InChI is InChI=1S/C10H11ClF3NO/c1-5-2-3-6(11)7(8(5)12)9(15)10(13,14)4-16/h2-3,9,16H,4,15H2,1H3/t9-/m1/s1. The lowest BCUT2D eigenvalue weighted by Gasteiger charge is -2.23. The second-order valence-corrected chi connectivity index (χ2v) is 3.90. The molecule has 0 fully saturated rings. The summed E-state index contributed by atoms with van der Waals surface area (Å²) in [6, 6.07) is 0.693. The Kier molecular flexibility index (Phi) is 3.83. The van der Waals surface area contributed by atoms with E-state index in [4.69, 9.17) is 22.4 Å². The molecule has 0 saturated heterocycles. The third kappa shape index (κ3) is 2.31. The van der Waals surface area contributed by atoms with Crippen molar-refractivity contribution in [2.75, 3.05) is 6.61 Å². The first-order valence-electron chi connectivity index (χ1n) is 4.50. The van der Waals surface area contributed by atoms with E-state index in [-0.39, 0.29) is 10.6 Å². The van der Waals surface area contributed by atoms with Gasteiger partial charge in [-0.15, -0.1) is 0 Å². The van der Waals surface area contributed by atoms with Crippen molar-refractivity contribution in [2.24, 2.45) is 5.73 Å². The van der Waals surface area contributed by atoms with Crippen LogP contribution in [-0.2, 0) is 0 Å². The first-order chi connectivity index (χ1) is 7.31. The van der Waals surface area contributed by atoms with Crippen molar-refractivity contribution >= 4 is 11.6 Å². The minimum Gasteiger partial charge on any atom is -0.390 e. The molecule has 0 spiro atoms. The van der Waals surface area contributed by atoms with Gasteiger partial charge in [-0.3, -0.25) is 0 Å². The minimum absolute atomic E-state index is 0.170. The van der Waals surface area contributed by atoms with Crippen molar-refractivity contribution in [1.82, 2.24) is 0 Å². The molecule has 0 heterocycles. The Hall–Kier alpha value is -0.780. The summed E-state index contributed by atoms with van der Waals surface area (Å²) < 4.78 is 39.8. The van der Waals surface area contributed by atoms with Crippen LogP contribution in [0.25, 0.3) is 0 Å². The molecule has 0 aliphatic heterocycles. The first kappa shape index (κ1) is 13.3. The smallest absolute Gasteiger partial charge is 0.289 e. The summed E-state index contributed by atoms with van der Waals surface area (Å²) in [6.45, 7) is -0.0448. The fraction of sp³-hybridized carbons (Fsp3) is 0.400. The molecule has 16 heavy (non-hydrogen) atoms. The normalized spacial score (nSPS) is 13.9. The highest BCUT2D eigenvalue weighted by atomic mass is 35.5. The van der Waals surface area contributed by atoms with Gasteiger partial charge in [0.1, 0.15) is 18.5 Å². The highest BCUT2D eigenvalue weighted by Gasteiger charge is 2.40. The molecular weight excluding hydrogens is 243 g/mol. The van der Waals surface area contributed by atoms with Gasteiger partial charge in [0.2, 0.25) is 0 Å². The van der Waals surface area contributed by atoms with Crippen molar-refractivity contribution in [3.63, 3.8) is 0 Å². The van der Waals surface area contributed by atoms with Crippen LogP contribution in [0.3, 0.4) is 0 Å². The summed E-state index contributed by atoms with van der Waals surface area (Å²) in [7, 11) is 0. The van der Waals surface area contributed by atoms with Crippen LogP contribution in [0.4, 0.5) is 13.2 Å². The summed E-state index contributed by atoms with van der Waals surface area (Å²) in [5, 5.41) is 8.30. The van der Waals surface area contributed by atoms with Crippen LogP contribution in [0.15, 0.2) is 12.1 Å². The lowest BCUT2D eigenvalue weighted by Crippen LogP contribution is -2.37. The molecule has 0 amide bonds. The Morgan fingerprint density at radius 3 is 2.56 bits per heavy atom. The zero-order valence-electron chi connectivity index (χ0n) is 8.48. The van der Waals surface area contributed by atoms with E-state index in [1.165, 1.54) is 19.1 Å². The van der Waals surface area contributed by atoms with Crippen LogP contribution in [0.2, 0.25) is 5.02 Å². The zero-order valence-corrected chi connectivity index (χ0v) is 9.23. The van der Waals surface area contributed by atoms with Crippen LogP contribution >= 0.6 is 11.6 Å². The maximum absolute atomic E-state index is 13.6. The second-order valence-electron chi connectivity index (χ2n) is 3.49. The van der Waals surface area contributed by atoms with Crippen LogP contribution in [0.5, 0.6) is 0 Å². The number of halogens is 4. The monoisotopic (exact) mass is 253 g/mol. The Morgan fingerprint density at radius 1 is 1.50 bits per heavy atom. The number of aliphatic hydroxyl groups excluding tert-OH is 1. The third-order valence-electron chi connectivity index (χ3n) is 2.30.